The number of thiophene rings is 1. The van der Waals surface area contributed by atoms with E-state index in [0.717, 1.165) is 48.2 Å². The zero-order chi connectivity index (χ0) is 21.9. The summed E-state index contributed by atoms with van der Waals surface area (Å²) in [4.78, 5) is 0. The minimum absolute atomic E-state index is 0.0540. The van der Waals surface area contributed by atoms with Crippen molar-refractivity contribution in [3.8, 4) is 11.5 Å². The van der Waals surface area contributed by atoms with E-state index in [-0.39, 0.29) is 11.2 Å². The summed E-state index contributed by atoms with van der Waals surface area (Å²) < 4.78 is 4.68. The Balaban J connectivity index is 1.78. The van der Waals surface area contributed by atoms with Gasteiger partial charge in [-0.3, -0.25) is 0 Å². The van der Waals surface area contributed by atoms with Crippen LogP contribution >= 0.6 is 11.3 Å². The fraction of sp³-hybridized carbons (Fsp3) is 0.143. The molecular formula is C28H21NO2S. The highest BCUT2D eigenvalue weighted by atomic mass is 32.1. The Morgan fingerprint density at radius 2 is 1.59 bits per heavy atom. The van der Waals surface area contributed by atoms with Crippen molar-refractivity contribution < 1.29 is 10.2 Å². The summed E-state index contributed by atoms with van der Waals surface area (Å²) in [6.07, 6.45) is 0. The maximum absolute atomic E-state index is 10.9. The summed E-state index contributed by atoms with van der Waals surface area (Å²) >= 11 is 1.75. The van der Waals surface area contributed by atoms with Gasteiger partial charge in [-0.25, -0.2) is 0 Å². The molecule has 7 aromatic rings. The molecule has 0 atom stereocenters. The fourth-order valence-electron chi connectivity index (χ4n) is 5.22. The zero-order valence-corrected chi connectivity index (χ0v) is 18.8. The van der Waals surface area contributed by atoms with E-state index in [1.165, 1.54) is 15.6 Å². The van der Waals surface area contributed by atoms with Crippen LogP contribution in [0.25, 0.3) is 58.3 Å². The highest BCUT2D eigenvalue weighted by molar-refractivity contribution is 7.26. The molecule has 2 N–H and O–H groups in total. The highest BCUT2D eigenvalue weighted by Gasteiger charge is 2.24. The average Bonchev–Trinajstić information content (AvgIpc) is 3.36. The van der Waals surface area contributed by atoms with Gasteiger partial charge in [0.1, 0.15) is 11.5 Å². The van der Waals surface area contributed by atoms with E-state index >= 15 is 0 Å². The van der Waals surface area contributed by atoms with Gasteiger partial charge in [-0.2, -0.15) is 0 Å². The molecule has 32 heavy (non-hydrogen) atoms. The third kappa shape index (κ3) is 2.15. The van der Waals surface area contributed by atoms with Gasteiger partial charge in [0.2, 0.25) is 0 Å². The Labute approximate surface area is 188 Å². The Kier molecular flexibility index (Phi) is 3.19. The van der Waals surface area contributed by atoms with Crippen molar-refractivity contribution in [2.24, 2.45) is 0 Å². The molecular weight excluding hydrogens is 414 g/mol. The smallest absolute Gasteiger partial charge is 0.126 e. The van der Waals surface area contributed by atoms with Crippen molar-refractivity contribution in [1.29, 1.82) is 0 Å². The summed E-state index contributed by atoms with van der Waals surface area (Å²) in [6, 6.07) is 20.5. The second-order valence-corrected chi connectivity index (χ2v) is 10.9. The average molecular weight is 436 g/mol. The Hall–Kier alpha value is -3.50. The molecule has 0 bridgehead atoms. The molecule has 3 nitrogen and oxygen atoms in total. The second-order valence-electron chi connectivity index (χ2n) is 9.83. The summed E-state index contributed by atoms with van der Waals surface area (Å²) in [7, 11) is 0. The molecule has 0 saturated carbocycles. The molecule has 0 saturated heterocycles. The molecule has 0 spiro atoms. The van der Waals surface area contributed by atoms with E-state index in [1.54, 1.807) is 17.4 Å². The topological polar surface area (TPSA) is 44.9 Å². The fourth-order valence-corrected chi connectivity index (χ4v) is 6.45. The third-order valence-electron chi connectivity index (χ3n) is 6.83. The lowest BCUT2D eigenvalue weighted by Crippen LogP contribution is -2.10. The normalized spacial score (nSPS) is 13.1. The standard InChI is InChI=1S/C28H21NO2S/c1-28(2,3)16-5-9-23-20(13-16)26-27(32-23)24-22(31)8-7-18-19-11-14-4-6-17(30)10-15(14)12-21(19)29(26)25(18)24/h4-13,30-31H,1-3H3. The van der Waals surface area contributed by atoms with E-state index in [4.69, 9.17) is 0 Å². The predicted molar refractivity (Wildman–Crippen MR) is 136 cm³/mol. The van der Waals surface area contributed by atoms with Crippen LogP contribution in [0, 0.1) is 0 Å². The van der Waals surface area contributed by atoms with Gasteiger partial charge >= 0.3 is 0 Å². The Morgan fingerprint density at radius 3 is 2.41 bits per heavy atom. The maximum Gasteiger partial charge on any atom is 0.126 e. The molecule has 3 heterocycles. The quantitative estimate of drug-likeness (QED) is 0.254. The molecule has 0 unspecified atom stereocenters. The van der Waals surface area contributed by atoms with Crippen LogP contribution in [-0.4, -0.2) is 14.6 Å². The van der Waals surface area contributed by atoms with Crippen LogP contribution in [0.1, 0.15) is 26.3 Å². The Morgan fingerprint density at radius 1 is 0.750 bits per heavy atom. The van der Waals surface area contributed by atoms with Gasteiger partial charge in [-0.1, -0.05) is 32.9 Å². The molecule has 0 aliphatic heterocycles. The SMILES string of the molecule is CC(C)(C)c1ccc2sc3c4c(O)ccc5c6cc7ccc(O)cc7cc6n(c3c2c1)c54. The minimum Gasteiger partial charge on any atom is -0.508 e. The number of fused-ring (bicyclic) bond motifs is 9. The van der Waals surface area contributed by atoms with Crippen LogP contribution in [0.3, 0.4) is 0 Å². The third-order valence-corrected chi connectivity index (χ3v) is 8.00. The van der Waals surface area contributed by atoms with E-state index in [1.807, 2.05) is 24.3 Å². The summed E-state index contributed by atoms with van der Waals surface area (Å²) in [5.41, 5.74) is 4.69. The van der Waals surface area contributed by atoms with Crippen LogP contribution in [0.15, 0.2) is 60.7 Å². The number of hydrogen-bond acceptors (Lipinski definition) is 3. The van der Waals surface area contributed by atoms with Gasteiger partial charge in [-0.15, -0.1) is 11.3 Å². The number of nitrogens with zero attached hydrogens (tertiary/aromatic N) is 1. The molecule has 156 valence electrons. The molecule has 7 rings (SSSR count). The van der Waals surface area contributed by atoms with Gasteiger partial charge in [0.15, 0.2) is 0 Å². The molecule has 0 radical (unpaired) electrons. The lowest BCUT2D eigenvalue weighted by atomic mass is 9.86. The number of phenols is 2. The first-order valence-electron chi connectivity index (χ1n) is 10.8. The van der Waals surface area contributed by atoms with E-state index < -0.39 is 0 Å². The molecule has 0 aliphatic carbocycles. The summed E-state index contributed by atoms with van der Waals surface area (Å²) in [6.45, 7) is 6.72. The molecule has 0 amide bonds. The Bertz CT molecular complexity index is 1880. The van der Waals surface area contributed by atoms with Crippen LogP contribution in [0.5, 0.6) is 11.5 Å². The predicted octanol–water partition coefficient (Wildman–Crippen LogP) is 7.91. The van der Waals surface area contributed by atoms with Gasteiger partial charge in [-0.05, 0) is 70.3 Å². The van der Waals surface area contributed by atoms with Crippen LogP contribution in [0.4, 0.5) is 0 Å². The first kappa shape index (κ1) is 18.1. The lowest BCUT2D eigenvalue weighted by molar-refractivity contribution is 0.476. The monoisotopic (exact) mass is 435 g/mol. The van der Waals surface area contributed by atoms with Crippen molar-refractivity contribution in [3.05, 3.63) is 66.2 Å². The van der Waals surface area contributed by atoms with Crippen molar-refractivity contribution in [2.45, 2.75) is 26.2 Å². The molecule has 4 aromatic carbocycles. The van der Waals surface area contributed by atoms with E-state index in [2.05, 4.69) is 55.5 Å². The molecule has 0 fully saturated rings. The number of aromatic hydroxyl groups is 2. The van der Waals surface area contributed by atoms with Crippen molar-refractivity contribution >= 4 is 69.6 Å². The number of rotatable bonds is 0. The van der Waals surface area contributed by atoms with Gasteiger partial charge in [0, 0.05) is 20.9 Å². The number of phenolic OH excluding ortho intramolecular Hbond substituents is 2. The molecule has 0 aliphatic rings. The van der Waals surface area contributed by atoms with E-state index in [0.29, 0.717) is 5.75 Å². The second kappa shape index (κ2) is 5.64. The van der Waals surface area contributed by atoms with Crippen LogP contribution in [-0.2, 0) is 5.41 Å². The number of benzene rings is 4. The maximum atomic E-state index is 10.9. The summed E-state index contributed by atoms with van der Waals surface area (Å²) in [5, 5.41) is 27.5. The van der Waals surface area contributed by atoms with Gasteiger partial charge in [0.25, 0.3) is 0 Å². The van der Waals surface area contributed by atoms with Crippen LogP contribution in [0.2, 0.25) is 0 Å². The first-order chi connectivity index (χ1) is 15.3. The zero-order valence-electron chi connectivity index (χ0n) is 18.0. The van der Waals surface area contributed by atoms with Gasteiger partial charge < -0.3 is 14.6 Å². The minimum atomic E-state index is 0.0540. The van der Waals surface area contributed by atoms with Crippen molar-refractivity contribution in [2.75, 3.05) is 0 Å². The largest absolute Gasteiger partial charge is 0.508 e. The molecule has 3 aromatic heterocycles. The molecule has 4 heteroatoms. The van der Waals surface area contributed by atoms with Gasteiger partial charge in [0.05, 0.1) is 26.6 Å². The van der Waals surface area contributed by atoms with Crippen molar-refractivity contribution in [1.82, 2.24) is 4.40 Å². The van der Waals surface area contributed by atoms with E-state index in [9.17, 15) is 10.2 Å². The number of hydrogen-bond donors (Lipinski definition) is 2. The van der Waals surface area contributed by atoms with Crippen LogP contribution < -0.4 is 0 Å². The first-order valence-corrected chi connectivity index (χ1v) is 11.6. The highest BCUT2D eigenvalue weighted by Crippen LogP contribution is 2.49. The number of aromatic nitrogens is 1. The lowest BCUT2D eigenvalue weighted by Gasteiger charge is -2.18. The van der Waals surface area contributed by atoms with Crippen molar-refractivity contribution in [3.63, 3.8) is 0 Å². The summed E-state index contributed by atoms with van der Waals surface area (Å²) in [5.74, 6) is 0.592.